The van der Waals surface area contributed by atoms with Gasteiger partial charge in [-0.25, -0.2) is 8.42 Å². The zero-order valence-electron chi connectivity index (χ0n) is 19.8. The minimum atomic E-state index is -4.00. The number of methoxy groups -OCH3 is 1. The number of sulfonamides is 1. The van der Waals surface area contributed by atoms with Gasteiger partial charge in [0.15, 0.2) is 6.10 Å². The van der Waals surface area contributed by atoms with Crippen LogP contribution in [-0.2, 0) is 14.8 Å². The molecule has 180 valence electrons. The number of nitrogens with one attached hydrogen (secondary N) is 1. The number of rotatable bonds is 6. The molecule has 2 aromatic rings. The number of ether oxygens (including phenoxy) is 2. The fourth-order valence-corrected chi connectivity index (χ4v) is 5.88. The van der Waals surface area contributed by atoms with Crippen molar-refractivity contribution in [2.75, 3.05) is 18.0 Å². The molecule has 0 saturated carbocycles. The maximum Gasteiger partial charge on any atom is 0.264 e. The lowest BCUT2D eigenvalue weighted by atomic mass is 9.81. The summed E-state index contributed by atoms with van der Waals surface area (Å²) in [7, 11) is -2.49. The Morgan fingerprint density at radius 3 is 2.36 bits per heavy atom. The predicted molar refractivity (Wildman–Crippen MR) is 130 cm³/mol. The van der Waals surface area contributed by atoms with Gasteiger partial charge in [0.05, 0.1) is 24.2 Å². The van der Waals surface area contributed by atoms with E-state index in [2.05, 4.69) is 26.1 Å². The van der Waals surface area contributed by atoms with Gasteiger partial charge in [-0.2, -0.15) is 0 Å². The van der Waals surface area contributed by atoms with Gasteiger partial charge in [-0.05, 0) is 68.1 Å². The third kappa shape index (κ3) is 5.92. The lowest BCUT2D eigenvalue weighted by molar-refractivity contribution is -0.129. The van der Waals surface area contributed by atoms with Crippen molar-refractivity contribution in [2.24, 2.45) is 5.41 Å². The Bertz CT molecular complexity index is 1120. The SMILES string of the molecule is COc1ccc(S(=O)(=O)N2CC(C(=O)NC(C)(C)CC(C)(C)C)Oc3ccc(Cl)cc32)cc1. The minimum absolute atomic E-state index is 0.00269. The average Bonchev–Trinajstić information content (AvgIpc) is 2.70. The van der Waals surface area contributed by atoms with Crippen molar-refractivity contribution in [3.63, 3.8) is 0 Å². The quantitative estimate of drug-likeness (QED) is 0.632. The third-order valence-electron chi connectivity index (χ3n) is 5.16. The van der Waals surface area contributed by atoms with Crippen LogP contribution in [0.4, 0.5) is 5.69 Å². The smallest absolute Gasteiger partial charge is 0.264 e. The van der Waals surface area contributed by atoms with Crippen LogP contribution in [-0.4, -0.2) is 39.6 Å². The van der Waals surface area contributed by atoms with Crippen molar-refractivity contribution in [3.05, 3.63) is 47.5 Å². The number of hydrogen-bond donors (Lipinski definition) is 1. The number of nitrogens with zero attached hydrogens (tertiary/aromatic N) is 1. The molecule has 1 amide bonds. The molecule has 1 N–H and O–H groups in total. The molecule has 0 saturated heterocycles. The van der Waals surface area contributed by atoms with Crippen molar-refractivity contribution in [3.8, 4) is 11.5 Å². The standard InChI is InChI=1S/C24H31ClN2O5S/c1-23(2,3)15-24(4,5)26-22(28)21-14-27(19-13-16(25)7-12-20(19)32-21)33(29,30)18-10-8-17(31-6)9-11-18/h7-13,21H,14-15H2,1-6H3,(H,26,28). The Kier molecular flexibility index (Phi) is 6.92. The molecular formula is C24H31ClN2O5S. The summed E-state index contributed by atoms with van der Waals surface area (Å²) in [6, 6.07) is 10.8. The number of carbonyl (C=O) groups excluding carboxylic acids is 1. The van der Waals surface area contributed by atoms with Crippen LogP contribution in [0.3, 0.4) is 0 Å². The average molecular weight is 495 g/mol. The van der Waals surface area contributed by atoms with E-state index in [4.69, 9.17) is 21.1 Å². The van der Waals surface area contributed by atoms with Crippen LogP contribution in [0.2, 0.25) is 5.02 Å². The maximum absolute atomic E-state index is 13.6. The number of halogens is 1. The molecule has 0 spiro atoms. The lowest BCUT2D eigenvalue weighted by Crippen LogP contribution is -2.55. The summed E-state index contributed by atoms with van der Waals surface area (Å²) in [4.78, 5) is 13.2. The van der Waals surface area contributed by atoms with E-state index in [1.165, 1.54) is 29.6 Å². The van der Waals surface area contributed by atoms with Crippen LogP contribution >= 0.6 is 11.6 Å². The number of anilines is 1. The highest BCUT2D eigenvalue weighted by Crippen LogP contribution is 2.39. The molecule has 1 atom stereocenters. The largest absolute Gasteiger partial charge is 0.497 e. The monoisotopic (exact) mass is 494 g/mol. The van der Waals surface area contributed by atoms with Gasteiger partial charge in [0.25, 0.3) is 15.9 Å². The number of carbonyl (C=O) groups is 1. The van der Waals surface area contributed by atoms with E-state index in [0.717, 1.165) is 6.42 Å². The molecule has 9 heteroatoms. The zero-order valence-corrected chi connectivity index (χ0v) is 21.4. The Balaban J connectivity index is 1.95. The molecule has 1 aliphatic rings. The van der Waals surface area contributed by atoms with E-state index in [0.29, 0.717) is 10.8 Å². The Morgan fingerprint density at radius 1 is 1.15 bits per heavy atom. The van der Waals surface area contributed by atoms with E-state index in [9.17, 15) is 13.2 Å². The maximum atomic E-state index is 13.6. The first-order valence-electron chi connectivity index (χ1n) is 10.7. The summed E-state index contributed by atoms with van der Waals surface area (Å²) >= 11 is 6.15. The number of benzene rings is 2. The zero-order chi connectivity index (χ0) is 24.6. The number of fused-ring (bicyclic) bond motifs is 1. The summed E-state index contributed by atoms with van der Waals surface area (Å²) < 4.78 is 39.4. The Morgan fingerprint density at radius 2 is 1.79 bits per heavy atom. The topological polar surface area (TPSA) is 84.9 Å². The molecular weight excluding hydrogens is 464 g/mol. The second-order valence-corrected chi connectivity index (χ2v) is 12.3. The molecule has 1 aliphatic heterocycles. The molecule has 0 aliphatic carbocycles. The first-order valence-corrected chi connectivity index (χ1v) is 12.5. The van der Waals surface area contributed by atoms with Gasteiger partial charge in [-0.15, -0.1) is 0 Å². The third-order valence-corrected chi connectivity index (χ3v) is 7.19. The first-order chi connectivity index (χ1) is 15.2. The highest BCUT2D eigenvalue weighted by Gasteiger charge is 2.39. The van der Waals surface area contributed by atoms with Gasteiger partial charge >= 0.3 is 0 Å². The fourth-order valence-electron chi connectivity index (χ4n) is 4.25. The molecule has 7 nitrogen and oxygen atoms in total. The van der Waals surface area contributed by atoms with E-state index in [1.54, 1.807) is 24.3 Å². The van der Waals surface area contributed by atoms with Crippen molar-refractivity contribution >= 4 is 33.2 Å². The summed E-state index contributed by atoms with van der Waals surface area (Å²) in [5.74, 6) is 0.439. The van der Waals surface area contributed by atoms with E-state index >= 15 is 0 Å². The van der Waals surface area contributed by atoms with E-state index in [1.807, 2.05) is 13.8 Å². The molecule has 3 rings (SSSR count). The van der Waals surface area contributed by atoms with Crippen LogP contribution in [0.25, 0.3) is 0 Å². The Hall–Kier alpha value is -2.45. The highest BCUT2D eigenvalue weighted by molar-refractivity contribution is 7.92. The molecule has 0 fully saturated rings. The second kappa shape index (κ2) is 9.06. The van der Waals surface area contributed by atoms with Gasteiger partial charge in [0.2, 0.25) is 0 Å². The lowest BCUT2D eigenvalue weighted by Gasteiger charge is -2.38. The van der Waals surface area contributed by atoms with Crippen LogP contribution in [0.5, 0.6) is 11.5 Å². The van der Waals surface area contributed by atoms with Crippen molar-refractivity contribution in [1.82, 2.24) is 5.32 Å². The highest BCUT2D eigenvalue weighted by atomic mass is 35.5. The van der Waals surface area contributed by atoms with Gasteiger partial charge < -0.3 is 14.8 Å². The van der Waals surface area contributed by atoms with Crippen LogP contribution in [0, 0.1) is 5.41 Å². The molecule has 0 aromatic heterocycles. The van der Waals surface area contributed by atoms with E-state index < -0.39 is 21.7 Å². The van der Waals surface area contributed by atoms with Gasteiger partial charge in [-0.1, -0.05) is 32.4 Å². The Labute approximate surface area is 201 Å². The van der Waals surface area contributed by atoms with Crippen LogP contribution < -0.4 is 19.1 Å². The molecule has 0 bridgehead atoms. The van der Waals surface area contributed by atoms with Gasteiger partial charge in [-0.3, -0.25) is 9.10 Å². The fraction of sp³-hybridized carbons (Fsp3) is 0.458. The summed E-state index contributed by atoms with van der Waals surface area (Å²) in [5, 5.41) is 3.39. The van der Waals surface area contributed by atoms with Crippen molar-refractivity contribution in [1.29, 1.82) is 0 Å². The van der Waals surface area contributed by atoms with Gasteiger partial charge in [0.1, 0.15) is 11.5 Å². The summed E-state index contributed by atoms with van der Waals surface area (Å²) in [6.45, 7) is 10.00. The molecule has 0 radical (unpaired) electrons. The first kappa shape index (κ1) is 25.2. The van der Waals surface area contributed by atoms with Crippen LogP contribution in [0.15, 0.2) is 47.4 Å². The molecule has 33 heavy (non-hydrogen) atoms. The minimum Gasteiger partial charge on any atom is -0.497 e. The van der Waals surface area contributed by atoms with Crippen molar-refractivity contribution < 1.29 is 22.7 Å². The van der Waals surface area contributed by atoms with Crippen LogP contribution in [0.1, 0.15) is 41.0 Å². The predicted octanol–water partition coefficient (Wildman–Crippen LogP) is 4.64. The van der Waals surface area contributed by atoms with Gasteiger partial charge in [0, 0.05) is 10.6 Å². The molecule has 2 aromatic carbocycles. The number of amides is 1. The summed E-state index contributed by atoms with van der Waals surface area (Å²) in [5.41, 5.74) is -0.216. The number of hydrogen-bond acceptors (Lipinski definition) is 5. The summed E-state index contributed by atoms with van der Waals surface area (Å²) in [6.07, 6.45) is -0.288. The molecule has 1 unspecified atom stereocenters. The normalized spacial score (nSPS) is 16.6. The van der Waals surface area contributed by atoms with Crippen molar-refractivity contribution in [2.45, 2.75) is 57.6 Å². The van der Waals surface area contributed by atoms with E-state index in [-0.39, 0.29) is 34.2 Å². The second-order valence-electron chi connectivity index (χ2n) is 10.0. The molecule has 1 heterocycles.